The topological polar surface area (TPSA) is 90.0 Å². The van der Waals surface area contributed by atoms with Crippen molar-refractivity contribution in [3.8, 4) is 0 Å². The summed E-state index contributed by atoms with van der Waals surface area (Å²) in [5, 5.41) is 4.77. The van der Waals surface area contributed by atoms with Gasteiger partial charge in [-0.25, -0.2) is 4.79 Å². The monoisotopic (exact) mass is 470 g/mol. The molecule has 3 aromatic carbocycles. The first-order valence-corrected chi connectivity index (χ1v) is 11.6. The summed E-state index contributed by atoms with van der Waals surface area (Å²) in [7, 11) is 0. The Morgan fingerprint density at radius 3 is 2.17 bits per heavy atom. The first kappa shape index (κ1) is 22.6. The van der Waals surface area contributed by atoms with E-state index in [-0.39, 0.29) is 18.4 Å². The van der Waals surface area contributed by atoms with Gasteiger partial charge in [0.2, 0.25) is 5.91 Å². The summed E-state index contributed by atoms with van der Waals surface area (Å²) >= 11 is 0. The molecule has 3 aromatic rings. The minimum Gasteiger partial charge on any atom is -0.338 e. The van der Waals surface area contributed by atoms with Crippen molar-refractivity contribution in [3.05, 3.63) is 83.9 Å². The highest BCUT2D eigenvalue weighted by molar-refractivity contribution is 6.09. The lowest BCUT2D eigenvalue weighted by Gasteiger charge is -2.35. The predicted molar refractivity (Wildman–Crippen MR) is 130 cm³/mol. The van der Waals surface area contributed by atoms with Crippen LogP contribution in [0.25, 0.3) is 10.8 Å². The van der Waals surface area contributed by atoms with Crippen LogP contribution < -0.4 is 5.32 Å². The summed E-state index contributed by atoms with van der Waals surface area (Å²) in [5.74, 6) is -0.843. The van der Waals surface area contributed by atoms with Gasteiger partial charge in [0.25, 0.3) is 11.8 Å². The number of imide groups is 1. The molecule has 0 aliphatic carbocycles. The average Bonchev–Trinajstić information content (AvgIpc) is 3.12. The number of fused-ring (bicyclic) bond motifs is 1. The normalized spacial score (nSPS) is 20.3. The number of amides is 5. The molecular formula is C27H26N4O4. The number of benzene rings is 3. The number of rotatable bonds is 4. The maximum absolute atomic E-state index is 13.3. The van der Waals surface area contributed by atoms with Crippen molar-refractivity contribution in [2.45, 2.75) is 12.5 Å². The Kier molecular flexibility index (Phi) is 5.72. The number of carbonyl (C=O) groups excluding carboxylic acids is 4. The molecule has 0 aromatic heterocycles. The van der Waals surface area contributed by atoms with Crippen LogP contribution in [-0.4, -0.2) is 71.2 Å². The summed E-state index contributed by atoms with van der Waals surface area (Å²) in [6.45, 7) is 2.82. The van der Waals surface area contributed by atoms with E-state index in [0.29, 0.717) is 37.3 Å². The van der Waals surface area contributed by atoms with Gasteiger partial charge in [-0.1, -0.05) is 54.6 Å². The van der Waals surface area contributed by atoms with Crippen molar-refractivity contribution < 1.29 is 19.2 Å². The van der Waals surface area contributed by atoms with Gasteiger partial charge in [-0.05, 0) is 41.5 Å². The Hall–Kier alpha value is -4.20. The zero-order chi connectivity index (χ0) is 24.6. The van der Waals surface area contributed by atoms with E-state index in [0.717, 1.165) is 15.7 Å². The number of urea groups is 1. The fraction of sp³-hybridized carbons (Fsp3) is 0.259. The maximum atomic E-state index is 13.3. The molecule has 2 heterocycles. The SMILES string of the molecule is C[C@@]1(c2ccc3ccccc3c2)NC(=O)N(CC(=O)N2CCN(C(=O)c3ccccc3)CC2)C1=O. The fourth-order valence-corrected chi connectivity index (χ4v) is 4.69. The van der Waals surface area contributed by atoms with Crippen LogP contribution in [0.1, 0.15) is 22.8 Å². The number of hydrogen-bond acceptors (Lipinski definition) is 4. The molecular weight excluding hydrogens is 444 g/mol. The molecule has 0 saturated carbocycles. The van der Waals surface area contributed by atoms with Crippen molar-refractivity contribution in [3.63, 3.8) is 0 Å². The lowest BCUT2D eigenvalue weighted by atomic mass is 9.90. The summed E-state index contributed by atoms with van der Waals surface area (Å²) in [6, 6.07) is 21.9. The Bertz CT molecular complexity index is 1320. The Labute approximate surface area is 203 Å². The van der Waals surface area contributed by atoms with Crippen LogP contribution in [0.5, 0.6) is 0 Å². The molecule has 2 fully saturated rings. The van der Waals surface area contributed by atoms with Gasteiger partial charge in [-0.15, -0.1) is 0 Å². The molecule has 5 rings (SSSR count). The molecule has 35 heavy (non-hydrogen) atoms. The van der Waals surface area contributed by atoms with Gasteiger partial charge in [-0.2, -0.15) is 0 Å². The number of nitrogens with zero attached hydrogens (tertiary/aromatic N) is 3. The maximum Gasteiger partial charge on any atom is 0.325 e. The number of nitrogens with one attached hydrogen (secondary N) is 1. The third-order valence-electron chi connectivity index (χ3n) is 6.84. The molecule has 0 unspecified atom stereocenters. The summed E-state index contributed by atoms with van der Waals surface area (Å²) < 4.78 is 0. The Morgan fingerprint density at radius 1 is 0.829 bits per heavy atom. The second-order valence-electron chi connectivity index (χ2n) is 9.05. The van der Waals surface area contributed by atoms with Crippen LogP contribution in [-0.2, 0) is 15.1 Å². The minimum atomic E-state index is -1.25. The quantitative estimate of drug-likeness (QED) is 0.594. The first-order chi connectivity index (χ1) is 16.9. The van der Waals surface area contributed by atoms with Crippen LogP contribution in [0.4, 0.5) is 4.79 Å². The Balaban J connectivity index is 1.24. The lowest BCUT2D eigenvalue weighted by molar-refractivity contribution is -0.139. The van der Waals surface area contributed by atoms with E-state index in [2.05, 4.69) is 5.32 Å². The smallest absolute Gasteiger partial charge is 0.325 e. The lowest BCUT2D eigenvalue weighted by Crippen LogP contribution is -2.53. The fourth-order valence-electron chi connectivity index (χ4n) is 4.69. The summed E-state index contributed by atoms with van der Waals surface area (Å²) in [4.78, 5) is 55.9. The highest BCUT2D eigenvalue weighted by Crippen LogP contribution is 2.31. The molecule has 1 N–H and O–H groups in total. The van der Waals surface area contributed by atoms with Crippen molar-refractivity contribution in [2.24, 2.45) is 0 Å². The number of piperazine rings is 1. The highest BCUT2D eigenvalue weighted by atomic mass is 16.2. The van der Waals surface area contributed by atoms with Crippen LogP contribution in [0.15, 0.2) is 72.8 Å². The number of carbonyl (C=O) groups is 4. The van der Waals surface area contributed by atoms with Crippen LogP contribution in [0.3, 0.4) is 0 Å². The van der Waals surface area contributed by atoms with Gasteiger partial charge in [0.1, 0.15) is 12.1 Å². The average molecular weight is 471 g/mol. The molecule has 0 radical (unpaired) electrons. The molecule has 8 nitrogen and oxygen atoms in total. The van der Waals surface area contributed by atoms with E-state index in [1.807, 2.05) is 60.7 Å². The molecule has 5 amide bonds. The van der Waals surface area contributed by atoms with E-state index >= 15 is 0 Å². The standard InChI is InChI=1S/C27H26N4O4/c1-27(22-12-11-19-7-5-6-10-21(19)17-22)25(34)31(26(35)28-27)18-23(32)29-13-15-30(16-14-29)24(33)20-8-3-2-4-9-20/h2-12,17H,13-16,18H2,1H3,(H,28,35)/t27-/m0/s1. The van der Waals surface area contributed by atoms with E-state index in [9.17, 15) is 19.2 Å². The van der Waals surface area contributed by atoms with Gasteiger partial charge in [0, 0.05) is 31.7 Å². The molecule has 0 bridgehead atoms. The van der Waals surface area contributed by atoms with Crippen LogP contribution >= 0.6 is 0 Å². The summed E-state index contributed by atoms with van der Waals surface area (Å²) in [5.41, 5.74) is 0.0273. The van der Waals surface area contributed by atoms with Gasteiger partial charge >= 0.3 is 6.03 Å². The molecule has 1 atom stereocenters. The molecule has 0 spiro atoms. The first-order valence-electron chi connectivity index (χ1n) is 11.6. The molecule has 178 valence electrons. The van der Waals surface area contributed by atoms with Crippen LogP contribution in [0.2, 0.25) is 0 Å². The third-order valence-corrected chi connectivity index (χ3v) is 6.84. The van der Waals surface area contributed by atoms with Gasteiger partial charge < -0.3 is 15.1 Å². The predicted octanol–water partition coefficient (Wildman–Crippen LogP) is 2.59. The van der Waals surface area contributed by atoms with Crippen molar-refractivity contribution >= 4 is 34.5 Å². The third kappa shape index (κ3) is 4.12. The molecule has 2 saturated heterocycles. The van der Waals surface area contributed by atoms with Gasteiger partial charge in [0.15, 0.2) is 0 Å². The second kappa shape index (κ2) is 8.87. The van der Waals surface area contributed by atoms with Crippen LogP contribution in [0, 0.1) is 0 Å². The van der Waals surface area contributed by atoms with Gasteiger partial charge in [0.05, 0.1) is 0 Å². The highest BCUT2D eigenvalue weighted by Gasteiger charge is 2.49. The van der Waals surface area contributed by atoms with E-state index in [1.54, 1.807) is 28.9 Å². The molecule has 2 aliphatic rings. The second-order valence-corrected chi connectivity index (χ2v) is 9.05. The van der Waals surface area contributed by atoms with Crippen molar-refractivity contribution in [1.29, 1.82) is 0 Å². The molecule has 2 aliphatic heterocycles. The zero-order valence-corrected chi connectivity index (χ0v) is 19.4. The van der Waals surface area contributed by atoms with Crippen molar-refractivity contribution in [2.75, 3.05) is 32.7 Å². The summed E-state index contributed by atoms with van der Waals surface area (Å²) in [6.07, 6.45) is 0. The zero-order valence-electron chi connectivity index (χ0n) is 19.4. The van der Waals surface area contributed by atoms with E-state index < -0.39 is 17.5 Å². The van der Waals surface area contributed by atoms with E-state index in [4.69, 9.17) is 0 Å². The largest absolute Gasteiger partial charge is 0.338 e. The van der Waals surface area contributed by atoms with Gasteiger partial charge in [-0.3, -0.25) is 19.3 Å². The van der Waals surface area contributed by atoms with E-state index in [1.165, 1.54) is 0 Å². The van der Waals surface area contributed by atoms with Crippen molar-refractivity contribution in [1.82, 2.24) is 20.0 Å². The number of hydrogen-bond donors (Lipinski definition) is 1. The Morgan fingerprint density at radius 2 is 1.46 bits per heavy atom. The minimum absolute atomic E-state index is 0.0713. The molecule has 8 heteroatoms.